The molecule has 1 aromatic heterocycles. The molecule has 2 fully saturated rings. The van der Waals surface area contributed by atoms with Crippen LogP contribution in [0.15, 0.2) is 60.8 Å². The van der Waals surface area contributed by atoms with E-state index in [0.717, 1.165) is 49.1 Å². The molecule has 2 aromatic carbocycles. The maximum Gasteiger partial charge on any atom is 0.407 e. The van der Waals surface area contributed by atoms with Crippen LogP contribution in [0.5, 0.6) is 11.5 Å². The van der Waals surface area contributed by atoms with Gasteiger partial charge < -0.3 is 29.2 Å². The van der Waals surface area contributed by atoms with Crippen molar-refractivity contribution in [3.63, 3.8) is 0 Å². The van der Waals surface area contributed by atoms with E-state index in [1.54, 1.807) is 6.20 Å². The molecule has 42 heavy (non-hydrogen) atoms. The summed E-state index contributed by atoms with van der Waals surface area (Å²) >= 11 is 0. The normalized spacial score (nSPS) is 19.0. The molecule has 0 spiro atoms. The number of hydrogen-bond acceptors (Lipinski definition) is 8. The van der Waals surface area contributed by atoms with Crippen molar-refractivity contribution in [2.24, 2.45) is 0 Å². The monoisotopic (exact) mass is 574 g/mol. The summed E-state index contributed by atoms with van der Waals surface area (Å²) in [7, 11) is 0. The first-order valence-corrected chi connectivity index (χ1v) is 14.7. The smallest absolute Gasteiger partial charge is 0.407 e. The van der Waals surface area contributed by atoms with Gasteiger partial charge in [-0.05, 0) is 62.2 Å². The number of nitrogens with one attached hydrogen (secondary N) is 1. The number of anilines is 1. The van der Waals surface area contributed by atoms with Crippen molar-refractivity contribution in [1.29, 1.82) is 0 Å². The predicted octanol–water partition coefficient (Wildman–Crippen LogP) is 5.65. The van der Waals surface area contributed by atoms with E-state index in [2.05, 4.69) is 58.3 Å². The van der Waals surface area contributed by atoms with Crippen molar-refractivity contribution in [2.75, 3.05) is 31.2 Å². The highest BCUT2D eigenvalue weighted by Gasteiger charge is 2.33. The quantitative estimate of drug-likeness (QED) is 0.350. The van der Waals surface area contributed by atoms with Crippen LogP contribution in [0.3, 0.4) is 0 Å². The van der Waals surface area contributed by atoms with Gasteiger partial charge in [0.1, 0.15) is 29.8 Å². The standard InChI is InChI=1S/C33H42N4O5/c1-32(2,3)42-31(38)36-26-20-29(21-26)41-28-12-8-24(9-13-28)33(4,5)23-6-10-27(11-7-23)40-22-25-14-15-34-30(35-25)37-16-18-39-19-17-37/h6-15,26,29H,16-22H2,1-5H3,(H,36,38). The molecule has 2 heterocycles. The van der Waals surface area contributed by atoms with Crippen LogP contribution in [0.4, 0.5) is 10.7 Å². The minimum atomic E-state index is -0.499. The highest BCUT2D eigenvalue weighted by atomic mass is 16.6. The van der Waals surface area contributed by atoms with Crippen LogP contribution in [-0.4, -0.2) is 60.1 Å². The SMILES string of the molecule is CC(C)(C)OC(=O)NC1CC(Oc2ccc(C(C)(C)c3ccc(OCc4ccnc(N5CCOCC5)n4)cc3)cc2)C1. The van der Waals surface area contributed by atoms with Gasteiger partial charge in [0, 0.05) is 43.6 Å². The Morgan fingerprint density at radius 1 is 0.929 bits per heavy atom. The van der Waals surface area contributed by atoms with Gasteiger partial charge >= 0.3 is 6.09 Å². The number of hydrogen-bond donors (Lipinski definition) is 1. The second-order valence-electron chi connectivity index (χ2n) is 12.5. The zero-order valence-corrected chi connectivity index (χ0v) is 25.3. The minimum absolute atomic E-state index is 0.0866. The van der Waals surface area contributed by atoms with Crippen molar-refractivity contribution in [3.05, 3.63) is 77.6 Å². The summed E-state index contributed by atoms with van der Waals surface area (Å²) in [5, 5.41) is 2.91. The summed E-state index contributed by atoms with van der Waals surface area (Å²) in [5.41, 5.74) is 2.53. The summed E-state index contributed by atoms with van der Waals surface area (Å²) in [4.78, 5) is 23.2. The molecule has 3 aromatic rings. The Hall–Kier alpha value is -3.85. The number of amides is 1. The molecule has 0 atom stereocenters. The third-order valence-corrected chi connectivity index (χ3v) is 7.65. The van der Waals surface area contributed by atoms with Gasteiger partial charge in [0.25, 0.3) is 0 Å². The molecule has 1 amide bonds. The topological polar surface area (TPSA) is 95.0 Å². The molecule has 9 nitrogen and oxygen atoms in total. The molecular weight excluding hydrogens is 532 g/mol. The van der Waals surface area contributed by atoms with Crippen LogP contribution in [0, 0.1) is 0 Å². The molecule has 1 aliphatic heterocycles. The van der Waals surface area contributed by atoms with Gasteiger partial charge in [-0.3, -0.25) is 0 Å². The number of benzene rings is 2. The number of morpholine rings is 1. The molecule has 9 heteroatoms. The van der Waals surface area contributed by atoms with Crippen molar-refractivity contribution in [1.82, 2.24) is 15.3 Å². The Morgan fingerprint density at radius 3 is 2.17 bits per heavy atom. The lowest BCUT2D eigenvalue weighted by Gasteiger charge is -2.36. The van der Waals surface area contributed by atoms with E-state index in [1.165, 1.54) is 11.1 Å². The Morgan fingerprint density at radius 2 is 1.55 bits per heavy atom. The molecule has 2 aliphatic rings. The lowest BCUT2D eigenvalue weighted by Crippen LogP contribution is -2.50. The molecule has 1 saturated carbocycles. The van der Waals surface area contributed by atoms with Gasteiger partial charge in [-0.2, -0.15) is 0 Å². The number of aromatic nitrogens is 2. The molecule has 1 N–H and O–H groups in total. The van der Waals surface area contributed by atoms with Gasteiger partial charge in [-0.15, -0.1) is 0 Å². The third kappa shape index (κ3) is 7.70. The fourth-order valence-electron chi connectivity index (χ4n) is 5.07. The number of carbonyl (C=O) groups is 1. The predicted molar refractivity (Wildman–Crippen MR) is 161 cm³/mol. The molecule has 0 bridgehead atoms. The van der Waals surface area contributed by atoms with Gasteiger partial charge in [0.2, 0.25) is 5.95 Å². The molecule has 0 radical (unpaired) electrons. The number of carbonyl (C=O) groups excluding carboxylic acids is 1. The summed E-state index contributed by atoms with van der Waals surface area (Å²) in [6.45, 7) is 13.4. The summed E-state index contributed by atoms with van der Waals surface area (Å²) in [6.07, 6.45) is 3.04. The molecule has 224 valence electrons. The average molecular weight is 575 g/mol. The van der Waals surface area contributed by atoms with Crippen LogP contribution >= 0.6 is 0 Å². The Labute approximate surface area is 248 Å². The lowest BCUT2D eigenvalue weighted by molar-refractivity contribution is 0.0363. The number of nitrogens with zero attached hydrogens (tertiary/aromatic N) is 3. The van der Waals surface area contributed by atoms with Crippen molar-refractivity contribution in [3.8, 4) is 11.5 Å². The van der Waals surface area contributed by atoms with Crippen molar-refractivity contribution in [2.45, 2.75) is 77.2 Å². The summed E-state index contributed by atoms with van der Waals surface area (Å²) in [5.74, 6) is 2.35. The Kier molecular flexibility index (Phi) is 8.87. The Balaban J connectivity index is 1.11. The fraction of sp³-hybridized carbons (Fsp3) is 0.485. The van der Waals surface area contributed by atoms with Crippen LogP contribution in [-0.2, 0) is 21.5 Å². The zero-order valence-electron chi connectivity index (χ0n) is 25.3. The van der Waals surface area contributed by atoms with Crippen molar-refractivity contribution < 1.29 is 23.7 Å². The second-order valence-corrected chi connectivity index (χ2v) is 12.5. The van der Waals surface area contributed by atoms with Crippen LogP contribution in [0.25, 0.3) is 0 Å². The Bertz CT molecular complexity index is 1330. The van der Waals surface area contributed by atoms with Crippen LogP contribution < -0.4 is 19.7 Å². The van der Waals surface area contributed by atoms with E-state index < -0.39 is 5.60 Å². The average Bonchev–Trinajstić information content (AvgIpc) is 2.95. The third-order valence-electron chi connectivity index (χ3n) is 7.65. The largest absolute Gasteiger partial charge is 0.490 e. The maximum atomic E-state index is 12.0. The van der Waals surface area contributed by atoms with E-state index in [0.29, 0.717) is 19.8 Å². The van der Waals surface area contributed by atoms with E-state index in [9.17, 15) is 4.79 Å². The van der Waals surface area contributed by atoms with Gasteiger partial charge in [-0.25, -0.2) is 14.8 Å². The van der Waals surface area contributed by atoms with Crippen molar-refractivity contribution >= 4 is 12.0 Å². The zero-order chi connectivity index (χ0) is 29.7. The summed E-state index contributed by atoms with van der Waals surface area (Å²) in [6, 6.07) is 18.5. The van der Waals surface area contributed by atoms with E-state index >= 15 is 0 Å². The molecule has 1 aliphatic carbocycles. The minimum Gasteiger partial charge on any atom is -0.490 e. The fourth-order valence-corrected chi connectivity index (χ4v) is 5.07. The molecule has 0 unspecified atom stereocenters. The number of alkyl carbamates (subject to hydrolysis) is 1. The number of ether oxygens (including phenoxy) is 4. The second kappa shape index (κ2) is 12.6. The number of rotatable bonds is 9. The first kappa shape index (κ1) is 29.6. The first-order valence-electron chi connectivity index (χ1n) is 14.7. The first-order chi connectivity index (χ1) is 20.0. The molecule has 1 saturated heterocycles. The highest BCUT2D eigenvalue weighted by Crippen LogP contribution is 2.34. The van der Waals surface area contributed by atoms with E-state index in [-0.39, 0.29) is 23.7 Å². The maximum absolute atomic E-state index is 12.0. The van der Waals surface area contributed by atoms with Gasteiger partial charge in [-0.1, -0.05) is 38.1 Å². The van der Waals surface area contributed by atoms with Gasteiger partial charge in [0.15, 0.2) is 0 Å². The summed E-state index contributed by atoms with van der Waals surface area (Å²) < 4.78 is 22.9. The molecule has 5 rings (SSSR count). The van der Waals surface area contributed by atoms with Crippen LogP contribution in [0.1, 0.15) is 64.3 Å². The lowest BCUT2D eigenvalue weighted by atomic mass is 9.78. The molecular formula is C33H42N4O5. The van der Waals surface area contributed by atoms with Gasteiger partial charge in [0.05, 0.1) is 18.9 Å². The van der Waals surface area contributed by atoms with E-state index in [1.807, 2.05) is 51.1 Å². The van der Waals surface area contributed by atoms with Crippen LogP contribution in [0.2, 0.25) is 0 Å². The van der Waals surface area contributed by atoms with E-state index in [4.69, 9.17) is 18.9 Å². The highest BCUT2D eigenvalue weighted by molar-refractivity contribution is 5.68.